The summed E-state index contributed by atoms with van der Waals surface area (Å²) < 4.78 is 7.66. The smallest absolute Gasteiger partial charge is 0.258 e. The molecule has 1 aromatic heterocycles. The van der Waals surface area contributed by atoms with E-state index in [0.29, 0.717) is 13.2 Å². The third-order valence-corrected chi connectivity index (χ3v) is 4.77. The van der Waals surface area contributed by atoms with Crippen LogP contribution in [0.1, 0.15) is 28.2 Å². The number of likely N-dealkylation sites (N-methyl/N-ethyl adjacent to an activating group) is 1. The summed E-state index contributed by atoms with van der Waals surface area (Å²) in [7, 11) is 3.99. The van der Waals surface area contributed by atoms with Crippen LogP contribution in [0.4, 0.5) is 0 Å². The molecule has 0 radical (unpaired) electrons. The van der Waals surface area contributed by atoms with Gasteiger partial charge in [-0.1, -0.05) is 0 Å². The lowest BCUT2D eigenvalue weighted by atomic mass is 9.98. The van der Waals surface area contributed by atoms with Gasteiger partial charge >= 0.3 is 0 Å². The summed E-state index contributed by atoms with van der Waals surface area (Å²) in [6.07, 6.45) is 1.17. The van der Waals surface area contributed by atoms with Crippen molar-refractivity contribution < 1.29 is 9.53 Å². The first-order valence-electron chi connectivity index (χ1n) is 7.60. The first-order valence-corrected chi connectivity index (χ1v) is 7.60. The number of aromatic nitrogens is 2. The van der Waals surface area contributed by atoms with Crippen LogP contribution in [0, 0.1) is 13.8 Å². The summed E-state index contributed by atoms with van der Waals surface area (Å²) in [5.74, 6) is 0.103. The third-order valence-electron chi connectivity index (χ3n) is 4.77. The predicted octanol–water partition coefficient (Wildman–Crippen LogP) is 0.582. The molecule has 2 saturated heterocycles. The summed E-state index contributed by atoms with van der Waals surface area (Å²) in [6.45, 7) is 7.09. The van der Waals surface area contributed by atoms with Gasteiger partial charge in [0.2, 0.25) is 0 Å². The molecule has 2 fully saturated rings. The number of likely N-dealkylation sites (tertiary alicyclic amines) is 1. The first kappa shape index (κ1) is 14.5. The molecule has 0 N–H and O–H groups in total. The van der Waals surface area contributed by atoms with E-state index in [4.69, 9.17) is 4.74 Å². The summed E-state index contributed by atoms with van der Waals surface area (Å²) in [5.41, 5.74) is 2.50. The molecule has 0 spiro atoms. The van der Waals surface area contributed by atoms with Crippen LogP contribution < -0.4 is 0 Å². The summed E-state index contributed by atoms with van der Waals surface area (Å²) in [5, 5.41) is 4.37. The average molecular weight is 292 g/mol. The van der Waals surface area contributed by atoms with E-state index < -0.39 is 0 Å². The zero-order chi connectivity index (χ0) is 15.1. The van der Waals surface area contributed by atoms with Crippen molar-refractivity contribution in [2.45, 2.75) is 32.4 Å². The number of morpholine rings is 1. The maximum atomic E-state index is 13.0. The van der Waals surface area contributed by atoms with Crippen molar-refractivity contribution in [3.05, 3.63) is 17.0 Å². The predicted molar refractivity (Wildman–Crippen MR) is 79.4 cm³/mol. The minimum Gasteiger partial charge on any atom is -0.374 e. The van der Waals surface area contributed by atoms with E-state index in [1.165, 1.54) is 0 Å². The third kappa shape index (κ3) is 2.46. The van der Waals surface area contributed by atoms with Crippen molar-refractivity contribution >= 4 is 5.91 Å². The van der Waals surface area contributed by atoms with E-state index in [-0.39, 0.29) is 18.1 Å². The molecule has 0 unspecified atom stereocenters. The lowest BCUT2D eigenvalue weighted by Crippen LogP contribution is -2.60. The molecule has 3 heterocycles. The Morgan fingerprint density at radius 3 is 2.71 bits per heavy atom. The van der Waals surface area contributed by atoms with Crippen molar-refractivity contribution in [3.63, 3.8) is 0 Å². The fourth-order valence-electron chi connectivity index (χ4n) is 3.51. The fraction of sp³-hybridized carbons (Fsp3) is 0.733. The molecule has 1 aromatic rings. The van der Waals surface area contributed by atoms with Crippen LogP contribution in [0.5, 0.6) is 0 Å². The molecule has 6 heteroatoms. The first-order chi connectivity index (χ1) is 9.99. The van der Waals surface area contributed by atoms with Crippen molar-refractivity contribution in [2.24, 2.45) is 7.05 Å². The van der Waals surface area contributed by atoms with Crippen LogP contribution >= 0.6 is 0 Å². The minimum absolute atomic E-state index is 0.103. The number of ether oxygens (including phenoxy) is 1. The molecule has 2 atom stereocenters. The number of rotatable bonds is 1. The number of fused-ring (bicyclic) bond motifs is 1. The Labute approximate surface area is 125 Å². The number of hydrogen-bond acceptors (Lipinski definition) is 4. The van der Waals surface area contributed by atoms with Gasteiger partial charge in [-0.2, -0.15) is 5.10 Å². The van der Waals surface area contributed by atoms with Gasteiger partial charge in [0, 0.05) is 32.4 Å². The van der Waals surface area contributed by atoms with Gasteiger partial charge in [-0.25, -0.2) is 0 Å². The number of carbonyl (C=O) groups excluding carboxylic acids is 1. The van der Waals surface area contributed by atoms with Gasteiger partial charge in [-0.15, -0.1) is 0 Å². The zero-order valence-corrected chi connectivity index (χ0v) is 13.3. The number of piperidine rings is 1. The van der Waals surface area contributed by atoms with Gasteiger partial charge < -0.3 is 14.5 Å². The number of hydrogen-bond donors (Lipinski definition) is 0. The Balaban J connectivity index is 1.89. The largest absolute Gasteiger partial charge is 0.374 e. The van der Waals surface area contributed by atoms with Crippen LogP contribution in [0.25, 0.3) is 0 Å². The van der Waals surface area contributed by atoms with E-state index in [0.717, 1.165) is 36.5 Å². The molecule has 3 rings (SSSR count). The minimum atomic E-state index is 0.103. The summed E-state index contributed by atoms with van der Waals surface area (Å²) in [4.78, 5) is 17.3. The molecule has 0 saturated carbocycles. The van der Waals surface area contributed by atoms with E-state index in [1.54, 1.807) is 4.68 Å². The van der Waals surface area contributed by atoms with E-state index >= 15 is 0 Å². The van der Waals surface area contributed by atoms with Gasteiger partial charge in [0.15, 0.2) is 0 Å². The second-order valence-corrected chi connectivity index (χ2v) is 6.20. The molecular formula is C15H24N4O2. The summed E-state index contributed by atoms with van der Waals surface area (Å²) in [6, 6.07) is 0.156. The molecule has 6 nitrogen and oxygen atoms in total. The number of amides is 1. The Morgan fingerprint density at radius 1 is 1.29 bits per heavy atom. The zero-order valence-electron chi connectivity index (χ0n) is 13.3. The highest BCUT2D eigenvalue weighted by atomic mass is 16.5. The van der Waals surface area contributed by atoms with E-state index in [1.807, 2.05) is 25.8 Å². The highest BCUT2D eigenvalue weighted by Gasteiger charge is 2.39. The number of carbonyl (C=O) groups is 1. The maximum Gasteiger partial charge on any atom is 0.258 e. The number of aryl methyl sites for hydroxylation is 2. The lowest BCUT2D eigenvalue weighted by Gasteiger charge is -2.46. The molecule has 21 heavy (non-hydrogen) atoms. The van der Waals surface area contributed by atoms with E-state index in [9.17, 15) is 4.79 Å². The van der Waals surface area contributed by atoms with Crippen molar-refractivity contribution in [3.8, 4) is 0 Å². The lowest BCUT2D eigenvalue weighted by molar-refractivity contribution is -0.0870. The molecule has 2 aliphatic rings. The van der Waals surface area contributed by atoms with Gasteiger partial charge in [0.05, 0.1) is 30.0 Å². The van der Waals surface area contributed by atoms with Crippen molar-refractivity contribution in [2.75, 3.05) is 33.3 Å². The van der Waals surface area contributed by atoms with Crippen LogP contribution in [0.2, 0.25) is 0 Å². The second-order valence-electron chi connectivity index (χ2n) is 6.20. The average Bonchev–Trinajstić information content (AvgIpc) is 2.71. The normalized spacial score (nSPS) is 26.8. The van der Waals surface area contributed by atoms with Crippen LogP contribution in [0.3, 0.4) is 0 Å². The van der Waals surface area contributed by atoms with Gasteiger partial charge in [-0.3, -0.25) is 9.48 Å². The van der Waals surface area contributed by atoms with Crippen LogP contribution in [0.15, 0.2) is 0 Å². The maximum absolute atomic E-state index is 13.0. The summed E-state index contributed by atoms with van der Waals surface area (Å²) >= 11 is 0. The quantitative estimate of drug-likeness (QED) is 0.760. The Hall–Kier alpha value is -1.40. The fourth-order valence-corrected chi connectivity index (χ4v) is 3.51. The molecule has 2 aliphatic heterocycles. The molecule has 0 bridgehead atoms. The Bertz CT molecular complexity index is 554. The van der Waals surface area contributed by atoms with Gasteiger partial charge in [-0.05, 0) is 27.3 Å². The second kappa shape index (κ2) is 5.42. The standard InChI is InChI=1S/C15H24N4O2/c1-10-14(11(2)18(4)16-10)15(20)19-7-8-21-13-5-6-17(3)9-12(13)19/h12-13H,5-9H2,1-4H3/t12-,13-/m0/s1. The van der Waals surface area contributed by atoms with Crippen molar-refractivity contribution in [1.82, 2.24) is 19.6 Å². The Kier molecular flexibility index (Phi) is 3.75. The molecular weight excluding hydrogens is 268 g/mol. The molecule has 0 aliphatic carbocycles. The molecule has 116 valence electrons. The monoisotopic (exact) mass is 292 g/mol. The topological polar surface area (TPSA) is 50.6 Å². The Morgan fingerprint density at radius 2 is 2.05 bits per heavy atom. The molecule has 1 amide bonds. The van der Waals surface area contributed by atoms with Gasteiger partial charge in [0.25, 0.3) is 5.91 Å². The van der Waals surface area contributed by atoms with Gasteiger partial charge in [0.1, 0.15) is 0 Å². The van der Waals surface area contributed by atoms with E-state index in [2.05, 4.69) is 17.0 Å². The van der Waals surface area contributed by atoms with Crippen molar-refractivity contribution in [1.29, 1.82) is 0 Å². The van der Waals surface area contributed by atoms with Crippen LogP contribution in [-0.2, 0) is 11.8 Å². The highest BCUT2D eigenvalue weighted by molar-refractivity contribution is 5.96. The molecule has 0 aromatic carbocycles. The van der Waals surface area contributed by atoms with Crippen LogP contribution in [-0.4, -0.2) is 70.9 Å². The number of nitrogens with zero attached hydrogens (tertiary/aromatic N) is 4. The SMILES string of the molecule is Cc1nn(C)c(C)c1C(=O)N1CCO[C@H]2CCN(C)C[C@@H]21. The highest BCUT2D eigenvalue weighted by Crippen LogP contribution is 2.25.